The van der Waals surface area contributed by atoms with Crippen LogP contribution in [0.2, 0.25) is 10.1 Å². The van der Waals surface area contributed by atoms with Crippen LogP contribution in [-0.4, -0.2) is 91.9 Å². The van der Waals surface area contributed by atoms with Crippen molar-refractivity contribution in [2.24, 2.45) is 0 Å². The van der Waals surface area contributed by atoms with Crippen LogP contribution in [0.4, 0.5) is 0 Å². The number of hydrogen-bond donors (Lipinski definition) is 1. The third-order valence-electron chi connectivity index (χ3n) is 15.0. The molecule has 8 nitrogen and oxygen atoms in total. The van der Waals surface area contributed by atoms with Gasteiger partial charge in [-0.15, -0.1) is 0 Å². The van der Waals surface area contributed by atoms with Gasteiger partial charge in [-0.25, -0.2) is 0 Å². The van der Waals surface area contributed by atoms with E-state index in [2.05, 4.69) is 187 Å². The van der Waals surface area contributed by atoms with Crippen LogP contribution in [0.25, 0.3) is 0 Å². The number of aliphatic hydroxyl groups excluding tert-OH is 1. The summed E-state index contributed by atoms with van der Waals surface area (Å²) < 4.78 is 44.8. The third kappa shape index (κ3) is 16.2. The highest BCUT2D eigenvalue weighted by Crippen LogP contribution is 2.38. The van der Waals surface area contributed by atoms with E-state index >= 15 is 0 Å². The molecule has 0 spiro atoms. The molecule has 2 unspecified atom stereocenters. The Balaban J connectivity index is 0.000000219. The Morgan fingerprint density at radius 1 is 0.413 bits per heavy atom. The first kappa shape index (κ1) is 58.1. The topological polar surface area (TPSA) is 84.8 Å². The lowest BCUT2D eigenvalue weighted by atomic mass is 9.95. The summed E-state index contributed by atoms with van der Waals surface area (Å²) in [5.74, 6) is 0. The molecule has 0 bridgehead atoms. The highest BCUT2D eigenvalue weighted by Gasteiger charge is 2.51. The Bertz CT molecular complexity index is 2390. The molecular formula is C65H86O8Si2. The predicted molar refractivity (Wildman–Crippen MR) is 310 cm³/mol. The fourth-order valence-electron chi connectivity index (χ4n) is 11.1. The van der Waals surface area contributed by atoms with Crippen LogP contribution in [-0.2, 0) is 45.8 Å². The normalized spacial score (nSPS) is 19.4. The van der Waals surface area contributed by atoms with Crippen molar-refractivity contribution < 1.29 is 37.6 Å². The average Bonchev–Trinajstić information content (AvgIpc) is 3.45. The molecule has 0 aliphatic heterocycles. The molecule has 0 aromatic heterocycles. The molecule has 0 saturated heterocycles. The molecule has 1 N–H and O–H groups in total. The van der Waals surface area contributed by atoms with Crippen molar-refractivity contribution in [1.29, 1.82) is 0 Å². The zero-order chi connectivity index (χ0) is 53.0. The zero-order valence-corrected chi connectivity index (χ0v) is 48.0. The van der Waals surface area contributed by atoms with Crippen molar-refractivity contribution in [3.63, 3.8) is 0 Å². The largest absolute Gasteiger partial charge is 0.405 e. The second-order valence-electron chi connectivity index (χ2n) is 22.5. The van der Waals surface area contributed by atoms with Crippen molar-refractivity contribution in [3.05, 3.63) is 193 Å². The molecule has 0 amide bonds. The molecular weight excluding hydrogens is 965 g/mol. The van der Waals surface area contributed by atoms with E-state index in [1.807, 2.05) is 36.4 Å². The van der Waals surface area contributed by atoms with Gasteiger partial charge in [0.05, 0.1) is 70.2 Å². The first-order chi connectivity index (χ1) is 36.3. The van der Waals surface area contributed by atoms with Crippen molar-refractivity contribution >= 4 is 37.4 Å². The summed E-state index contributed by atoms with van der Waals surface area (Å²) in [7, 11) is -3.52. The van der Waals surface area contributed by atoms with Crippen molar-refractivity contribution in [2.75, 3.05) is 33.5 Å². The Hall–Kier alpha value is -4.57. The lowest BCUT2D eigenvalue weighted by Gasteiger charge is -2.43. The number of hydrogen-bond acceptors (Lipinski definition) is 8. The van der Waals surface area contributed by atoms with Gasteiger partial charge in [0.2, 0.25) is 0 Å². The minimum absolute atomic E-state index is 0.0679. The molecule has 6 aromatic carbocycles. The zero-order valence-electron chi connectivity index (χ0n) is 46.0. The van der Waals surface area contributed by atoms with Crippen molar-refractivity contribution in [2.45, 2.75) is 153 Å². The van der Waals surface area contributed by atoms with E-state index in [0.717, 1.165) is 51.4 Å². The fourth-order valence-corrected chi connectivity index (χ4v) is 20.3. The number of rotatable bonds is 23. The molecule has 75 heavy (non-hydrogen) atoms. The van der Waals surface area contributed by atoms with E-state index in [-0.39, 0.29) is 53.8 Å². The van der Waals surface area contributed by atoms with E-state index in [9.17, 15) is 5.11 Å². The second kappa shape index (κ2) is 28.7. The van der Waals surface area contributed by atoms with Crippen molar-refractivity contribution in [1.82, 2.24) is 0 Å². The number of ether oxygens (including phenoxy) is 5. The minimum atomic E-state index is -2.67. The molecule has 0 heterocycles. The van der Waals surface area contributed by atoms with Gasteiger partial charge < -0.3 is 37.6 Å². The summed E-state index contributed by atoms with van der Waals surface area (Å²) in [6.07, 6.45) is 8.15. The average molecular weight is 1050 g/mol. The molecule has 2 aliphatic carbocycles. The summed E-state index contributed by atoms with van der Waals surface area (Å²) >= 11 is 0. The molecule has 10 heteroatoms. The van der Waals surface area contributed by atoms with Gasteiger partial charge in [0.1, 0.15) is 6.10 Å². The van der Waals surface area contributed by atoms with Crippen LogP contribution in [0.15, 0.2) is 182 Å². The van der Waals surface area contributed by atoms with Crippen LogP contribution in [0, 0.1) is 0 Å². The predicted octanol–water partition coefficient (Wildman–Crippen LogP) is 11.6. The van der Waals surface area contributed by atoms with Crippen LogP contribution < -0.4 is 20.7 Å². The highest BCUT2D eigenvalue weighted by atomic mass is 28.4. The molecule has 6 atom stereocenters. The molecule has 6 aromatic rings. The molecule has 8 rings (SSSR count). The van der Waals surface area contributed by atoms with Crippen LogP contribution in [0.1, 0.15) is 104 Å². The Labute approximate surface area is 452 Å². The summed E-state index contributed by atoms with van der Waals surface area (Å²) in [5.41, 5.74) is 2.41. The number of methoxy groups -OCH3 is 1. The maximum Gasteiger partial charge on any atom is 0.261 e. The Morgan fingerprint density at radius 3 is 1.05 bits per heavy atom. The van der Waals surface area contributed by atoms with Gasteiger partial charge in [-0.3, -0.25) is 0 Å². The van der Waals surface area contributed by atoms with Gasteiger partial charge >= 0.3 is 0 Å². The summed E-state index contributed by atoms with van der Waals surface area (Å²) in [6.45, 7) is 16.5. The quantitative estimate of drug-likeness (QED) is 0.0636. The fraction of sp³-hybridized carbons (Fsp3) is 0.446. The van der Waals surface area contributed by atoms with Crippen LogP contribution in [0.5, 0.6) is 0 Å². The van der Waals surface area contributed by atoms with E-state index in [4.69, 9.17) is 32.5 Å². The highest BCUT2D eigenvalue weighted by molar-refractivity contribution is 7.00. The summed E-state index contributed by atoms with van der Waals surface area (Å²) in [6, 6.07) is 63.3. The lowest BCUT2D eigenvalue weighted by Crippen LogP contribution is -2.67. The van der Waals surface area contributed by atoms with Gasteiger partial charge in [0.15, 0.2) is 0 Å². The monoisotopic (exact) mass is 1050 g/mol. The second-order valence-corrected chi connectivity index (χ2v) is 31.2. The van der Waals surface area contributed by atoms with E-state index in [1.54, 1.807) is 7.11 Å². The standard InChI is InChI=1S/C33H44O4Si.C32H42O4Si/c1-33(2,3)38(31-19-10-6-11-20-31,32-21-12-7-13-22-32)37-26-30(34-4)25-36-29-18-14-17-28(23-29)35-24-27-15-8-5-9-16-27;1-32(2,3)37(30-18-9-5-10-19-30,31-20-11-6-12-21-31)36-25-27(33)24-35-29-17-13-16-28(22-29)34-23-26-14-7-4-8-15-26/h5-13,15-16,19-22,28-30H,14,17-18,23-26H2,1-4H3;4-12,14-15,18-21,27-29,33H,13,16-17,22-25H2,1-3H3/t28-,29+,30?;27?,28-,29+/m00/s1. The van der Waals surface area contributed by atoms with Gasteiger partial charge in [-0.1, -0.05) is 224 Å². The van der Waals surface area contributed by atoms with Crippen LogP contribution >= 0.6 is 0 Å². The van der Waals surface area contributed by atoms with E-state index in [0.29, 0.717) is 26.4 Å². The van der Waals surface area contributed by atoms with Gasteiger partial charge in [0, 0.05) is 7.11 Å². The Kier molecular flexibility index (Phi) is 22.2. The van der Waals surface area contributed by atoms with E-state index < -0.39 is 22.7 Å². The summed E-state index contributed by atoms with van der Waals surface area (Å²) in [4.78, 5) is 0. The first-order valence-corrected chi connectivity index (χ1v) is 31.4. The van der Waals surface area contributed by atoms with Crippen molar-refractivity contribution in [3.8, 4) is 0 Å². The Morgan fingerprint density at radius 2 is 0.720 bits per heavy atom. The number of aliphatic hydroxyl groups is 1. The first-order valence-electron chi connectivity index (χ1n) is 27.6. The molecule has 2 saturated carbocycles. The SMILES string of the molecule is CC(C)(C)[Si](OCC(O)CO[C@@H]1CCC[C@H](OCc2ccccc2)C1)(c1ccccc1)c1ccccc1.COC(CO[C@@H]1CCC[C@H](OCc2ccccc2)C1)CO[Si](c1ccccc1)(c1ccccc1)C(C)(C)C. The maximum atomic E-state index is 11.0. The van der Waals surface area contributed by atoms with Gasteiger partial charge in [-0.05, 0) is 93.3 Å². The number of benzene rings is 6. The van der Waals surface area contributed by atoms with E-state index in [1.165, 1.54) is 31.9 Å². The summed E-state index contributed by atoms with van der Waals surface area (Å²) in [5, 5.41) is 15.8. The van der Waals surface area contributed by atoms with Gasteiger partial charge in [0.25, 0.3) is 16.6 Å². The third-order valence-corrected chi connectivity index (χ3v) is 25.0. The smallest absolute Gasteiger partial charge is 0.261 e. The molecule has 0 radical (unpaired) electrons. The molecule has 2 fully saturated rings. The molecule has 402 valence electrons. The van der Waals surface area contributed by atoms with Gasteiger partial charge in [-0.2, -0.15) is 0 Å². The van der Waals surface area contributed by atoms with Crippen LogP contribution in [0.3, 0.4) is 0 Å². The lowest BCUT2D eigenvalue weighted by molar-refractivity contribution is -0.0826. The maximum absolute atomic E-state index is 11.0. The minimum Gasteiger partial charge on any atom is -0.405 e. The molecule has 2 aliphatic rings.